The summed E-state index contributed by atoms with van der Waals surface area (Å²) < 4.78 is 7.38. The first kappa shape index (κ1) is 20.3. The molecule has 0 radical (unpaired) electrons. The number of carbonyl (C=O) groups is 1. The van der Waals surface area contributed by atoms with Gasteiger partial charge in [0.05, 0.1) is 6.20 Å². The zero-order valence-corrected chi connectivity index (χ0v) is 17.7. The molecule has 1 amide bonds. The predicted molar refractivity (Wildman–Crippen MR) is 112 cm³/mol. The van der Waals surface area contributed by atoms with E-state index in [1.807, 2.05) is 24.3 Å². The standard InChI is InChI=1S/C22H23ClN4O3/c1-14-10-15(2)27(22(29)25-14)13-20(28)26-9-5-8-19(26)21-24-12-17(30-21)11-16-6-3-4-7-18(16)23/h3-4,6-7,10,12,19H,5,8-9,11,13H2,1-2H3. The molecule has 1 aromatic carbocycles. The molecule has 1 aliphatic heterocycles. The molecule has 3 aromatic rings. The minimum absolute atomic E-state index is 0.0400. The van der Waals surface area contributed by atoms with Crippen LogP contribution in [0.2, 0.25) is 5.02 Å². The lowest BCUT2D eigenvalue weighted by Crippen LogP contribution is -2.37. The fourth-order valence-corrected chi connectivity index (χ4v) is 4.11. The molecular weight excluding hydrogens is 404 g/mol. The molecule has 0 bridgehead atoms. The molecule has 1 unspecified atom stereocenters. The SMILES string of the molecule is Cc1cc(C)n(CC(=O)N2CCCC2c2ncc(Cc3ccccc3Cl)o2)c(=O)n1. The predicted octanol–water partition coefficient (Wildman–Crippen LogP) is 3.46. The molecule has 2 aromatic heterocycles. The number of hydrogen-bond acceptors (Lipinski definition) is 5. The van der Waals surface area contributed by atoms with Crippen LogP contribution < -0.4 is 5.69 Å². The van der Waals surface area contributed by atoms with Gasteiger partial charge in [0, 0.05) is 29.4 Å². The third-order valence-electron chi connectivity index (χ3n) is 5.39. The first-order valence-electron chi connectivity index (χ1n) is 9.95. The molecule has 7 nitrogen and oxygen atoms in total. The number of aryl methyl sites for hydroxylation is 2. The van der Waals surface area contributed by atoms with Crippen molar-refractivity contribution in [3.63, 3.8) is 0 Å². The highest BCUT2D eigenvalue weighted by Gasteiger charge is 2.33. The van der Waals surface area contributed by atoms with Crippen molar-refractivity contribution in [2.45, 2.75) is 45.7 Å². The second kappa shape index (κ2) is 8.44. The molecule has 0 saturated carbocycles. The topological polar surface area (TPSA) is 81.2 Å². The van der Waals surface area contributed by atoms with E-state index in [0.717, 1.165) is 24.1 Å². The van der Waals surface area contributed by atoms with Crippen LogP contribution in [0.5, 0.6) is 0 Å². The lowest BCUT2D eigenvalue weighted by Gasteiger charge is -2.23. The molecule has 0 spiro atoms. The first-order valence-corrected chi connectivity index (χ1v) is 10.3. The van der Waals surface area contributed by atoms with Gasteiger partial charge in [0.25, 0.3) is 0 Å². The lowest BCUT2D eigenvalue weighted by molar-refractivity contribution is -0.133. The Bertz CT molecular complexity index is 1140. The van der Waals surface area contributed by atoms with Crippen LogP contribution in [0.1, 0.15) is 47.5 Å². The molecule has 1 atom stereocenters. The molecule has 30 heavy (non-hydrogen) atoms. The van der Waals surface area contributed by atoms with Gasteiger partial charge in [-0.1, -0.05) is 29.8 Å². The maximum Gasteiger partial charge on any atom is 0.348 e. The number of rotatable bonds is 5. The Labute approximate surface area is 179 Å². The molecule has 0 N–H and O–H groups in total. The summed E-state index contributed by atoms with van der Waals surface area (Å²) in [4.78, 5) is 35.3. The van der Waals surface area contributed by atoms with Crippen molar-refractivity contribution < 1.29 is 9.21 Å². The summed E-state index contributed by atoms with van der Waals surface area (Å²) in [5.41, 5.74) is 1.92. The fourth-order valence-electron chi connectivity index (χ4n) is 3.90. The number of amides is 1. The minimum atomic E-state index is -0.408. The Kier molecular flexibility index (Phi) is 5.72. The van der Waals surface area contributed by atoms with Crippen molar-refractivity contribution in [1.82, 2.24) is 19.4 Å². The van der Waals surface area contributed by atoms with Gasteiger partial charge in [-0.05, 0) is 44.4 Å². The highest BCUT2D eigenvalue weighted by Crippen LogP contribution is 2.32. The number of oxazole rings is 1. The fraction of sp³-hybridized carbons (Fsp3) is 0.364. The van der Waals surface area contributed by atoms with Crippen molar-refractivity contribution in [3.05, 3.63) is 80.6 Å². The van der Waals surface area contributed by atoms with Crippen molar-refractivity contribution >= 4 is 17.5 Å². The van der Waals surface area contributed by atoms with Gasteiger partial charge < -0.3 is 9.32 Å². The molecule has 4 rings (SSSR count). The highest BCUT2D eigenvalue weighted by atomic mass is 35.5. The van der Waals surface area contributed by atoms with E-state index in [1.165, 1.54) is 4.57 Å². The van der Waals surface area contributed by atoms with Gasteiger partial charge in [0.1, 0.15) is 18.3 Å². The van der Waals surface area contributed by atoms with Crippen LogP contribution in [-0.2, 0) is 17.8 Å². The van der Waals surface area contributed by atoms with Gasteiger partial charge in [-0.3, -0.25) is 9.36 Å². The number of benzene rings is 1. The quantitative estimate of drug-likeness (QED) is 0.624. The summed E-state index contributed by atoms with van der Waals surface area (Å²) >= 11 is 6.24. The second-order valence-electron chi connectivity index (χ2n) is 7.59. The van der Waals surface area contributed by atoms with E-state index < -0.39 is 5.69 Å². The van der Waals surface area contributed by atoms with Crippen molar-refractivity contribution in [2.24, 2.45) is 0 Å². The van der Waals surface area contributed by atoms with E-state index in [9.17, 15) is 9.59 Å². The molecular formula is C22H23ClN4O3. The van der Waals surface area contributed by atoms with E-state index in [4.69, 9.17) is 16.0 Å². The monoisotopic (exact) mass is 426 g/mol. The Balaban J connectivity index is 1.50. The number of aromatic nitrogens is 3. The van der Waals surface area contributed by atoms with E-state index >= 15 is 0 Å². The first-order chi connectivity index (χ1) is 14.4. The van der Waals surface area contributed by atoms with E-state index in [-0.39, 0.29) is 18.5 Å². The number of halogens is 1. The van der Waals surface area contributed by atoms with E-state index in [1.54, 1.807) is 31.0 Å². The Morgan fingerprint density at radius 1 is 1.30 bits per heavy atom. The molecule has 1 aliphatic rings. The highest BCUT2D eigenvalue weighted by molar-refractivity contribution is 6.31. The normalized spacial score (nSPS) is 16.2. The number of likely N-dealkylation sites (tertiary alicyclic amines) is 1. The summed E-state index contributed by atoms with van der Waals surface area (Å²) in [6.07, 6.45) is 3.87. The zero-order chi connectivity index (χ0) is 21.3. The maximum atomic E-state index is 13.0. The summed E-state index contributed by atoms with van der Waals surface area (Å²) in [7, 11) is 0. The average Bonchev–Trinajstić information content (AvgIpc) is 3.35. The summed E-state index contributed by atoms with van der Waals surface area (Å²) in [5, 5.41) is 0.681. The second-order valence-corrected chi connectivity index (χ2v) is 7.99. The van der Waals surface area contributed by atoms with E-state index in [0.29, 0.717) is 35.3 Å². The number of hydrogen-bond donors (Lipinski definition) is 0. The molecule has 1 saturated heterocycles. The van der Waals surface area contributed by atoms with Crippen LogP contribution in [-0.4, -0.2) is 31.9 Å². The smallest absolute Gasteiger partial charge is 0.348 e. The molecule has 3 heterocycles. The zero-order valence-electron chi connectivity index (χ0n) is 17.0. The minimum Gasteiger partial charge on any atom is -0.443 e. The summed E-state index contributed by atoms with van der Waals surface area (Å²) in [6, 6.07) is 9.18. The average molecular weight is 427 g/mol. The lowest BCUT2D eigenvalue weighted by atomic mass is 10.1. The van der Waals surface area contributed by atoms with Crippen LogP contribution in [0, 0.1) is 13.8 Å². The van der Waals surface area contributed by atoms with Crippen LogP contribution in [0.4, 0.5) is 0 Å². The van der Waals surface area contributed by atoms with Crippen LogP contribution >= 0.6 is 11.6 Å². The van der Waals surface area contributed by atoms with Crippen molar-refractivity contribution in [2.75, 3.05) is 6.54 Å². The van der Waals surface area contributed by atoms with Crippen molar-refractivity contribution in [1.29, 1.82) is 0 Å². The van der Waals surface area contributed by atoms with Gasteiger partial charge in [-0.2, -0.15) is 4.98 Å². The van der Waals surface area contributed by atoms with Crippen molar-refractivity contribution in [3.8, 4) is 0 Å². The number of carbonyl (C=O) groups excluding carboxylic acids is 1. The molecule has 156 valence electrons. The molecule has 0 aliphatic carbocycles. The molecule has 8 heteroatoms. The summed E-state index contributed by atoms with van der Waals surface area (Å²) in [6.45, 7) is 4.14. The van der Waals surface area contributed by atoms with Crippen LogP contribution in [0.25, 0.3) is 0 Å². The Hall–Kier alpha value is -2.93. The van der Waals surface area contributed by atoms with Crippen LogP contribution in [0.15, 0.2) is 45.7 Å². The third-order valence-corrected chi connectivity index (χ3v) is 5.76. The van der Waals surface area contributed by atoms with Gasteiger partial charge in [-0.25, -0.2) is 9.78 Å². The van der Waals surface area contributed by atoms with Crippen LogP contribution in [0.3, 0.4) is 0 Å². The van der Waals surface area contributed by atoms with Gasteiger partial charge in [-0.15, -0.1) is 0 Å². The van der Waals surface area contributed by atoms with Gasteiger partial charge in [0.15, 0.2) is 0 Å². The number of nitrogens with zero attached hydrogens (tertiary/aromatic N) is 4. The Morgan fingerprint density at radius 2 is 2.10 bits per heavy atom. The third kappa shape index (κ3) is 4.16. The Morgan fingerprint density at radius 3 is 2.87 bits per heavy atom. The largest absolute Gasteiger partial charge is 0.443 e. The van der Waals surface area contributed by atoms with E-state index in [2.05, 4.69) is 9.97 Å². The maximum absolute atomic E-state index is 13.0. The van der Waals surface area contributed by atoms with Gasteiger partial charge >= 0.3 is 5.69 Å². The molecule has 1 fully saturated rings. The van der Waals surface area contributed by atoms with Gasteiger partial charge in [0.2, 0.25) is 11.8 Å². The summed E-state index contributed by atoms with van der Waals surface area (Å²) in [5.74, 6) is 1.08.